The molecule has 0 aliphatic heterocycles. The van der Waals surface area contributed by atoms with Crippen LogP contribution >= 0.6 is 0 Å². The van der Waals surface area contributed by atoms with Crippen LogP contribution in [0.2, 0.25) is 0 Å². The van der Waals surface area contributed by atoms with E-state index in [-0.39, 0.29) is 0 Å². The zero-order valence-electron chi connectivity index (χ0n) is 18.6. The SMILES string of the molecule is CCOc1ccc(Cc2nc3ccc(N=C(C)N)cc3n2CCN(CC)CC)cc1. The van der Waals surface area contributed by atoms with E-state index in [2.05, 4.69) is 46.5 Å². The van der Waals surface area contributed by atoms with Crippen molar-refractivity contribution in [3.8, 4) is 5.75 Å². The highest BCUT2D eigenvalue weighted by Gasteiger charge is 2.13. The standard InChI is InChI=1S/C24H33N5O/c1-5-28(6-2)14-15-29-23-17-20(26-18(4)25)10-13-22(23)27-24(29)16-19-8-11-21(12-9-19)30-7-3/h8-13,17H,5-7,14-16H2,1-4H3,(H2,25,26). The maximum absolute atomic E-state index is 5.79. The maximum atomic E-state index is 5.79. The average Bonchev–Trinajstić information content (AvgIpc) is 3.06. The monoisotopic (exact) mass is 407 g/mol. The van der Waals surface area contributed by atoms with Gasteiger partial charge in [0.1, 0.15) is 11.6 Å². The van der Waals surface area contributed by atoms with E-state index in [1.54, 1.807) is 6.92 Å². The summed E-state index contributed by atoms with van der Waals surface area (Å²) in [4.78, 5) is 11.8. The molecule has 0 aliphatic rings. The van der Waals surface area contributed by atoms with Gasteiger partial charge in [-0.25, -0.2) is 9.98 Å². The zero-order valence-corrected chi connectivity index (χ0v) is 18.6. The number of nitrogens with zero attached hydrogens (tertiary/aromatic N) is 4. The zero-order chi connectivity index (χ0) is 21.5. The minimum atomic E-state index is 0.554. The highest BCUT2D eigenvalue weighted by Crippen LogP contribution is 2.24. The van der Waals surface area contributed by atoms with Crippen molar-refractivity contribution in [2.45, 2.75) is 40.7 Å². The molecule has 0 saturated carbocycles. The largest absolute Gasteiger partial charge is 0.494 e. The third kappa shape index (κ3) is 5.39. The first kappa shape index (κ1) is 21.8. The Morgan fingerprint density at radius 1 is 1.10 bits per heavy atom. The summed E-state index contributed by atoms with van der Waals surface area (Å²) in [7, 11) is 0. The topological polar surface area (TPSA) is 68.7 Å². The van der Waals surface area contributed by atoms with Gasteiger partial charge in [0.2, 0.25) is 0 Å². The van der Waals surface area contributed by atoms with E-state index in [0.29, 0.717) is 12.4 Å². The third-order valence-corrected chi connectivity index (χ3v) is 5.25. The molecule has 2 N–H and O–H groups in total. The first-order chi connectivity index (χ1) is 14.5. The lowest BCUT2D eigenvalue weighted by atomic mass is 10.1. The molecule has 6 heteroatoms. The number of imidazole rings is 1. The number of aliphatic imine (C=N–C) groups is 1. The fourth-order valence-corrected chi connectivity index (χ4v) is 3.65. The number of rotatable bonds is 10. The van der Waals surface area contributed by atoms with Gasteiger partial charge in [0.15, 0.2) is 0 Å². The number of hydrogen-bond donors (Lipinski definition) is 1. The molecule has 160 valence electrons. The lowest BCUT2D eigenvalue weighted by Gasteiger charge is -2.19. The second-order valence-corrected chi connectivity index (χ2v) is 7.39. The summed E-state index contributed by atoms with van der Waals surface area (Å²) in [6.45, 7) is 12.8. The van der Waals surface area contributed by atoms with Crippen LogP contribution in [0, 0.1) is 0 Å². The number of fused-ring (bicyclic) bond motifs is 1. The molecule has 0 unspecified atom stereocenters. The third-order valence-electron chi connectivity index (χ3n) is 5.25. The highest BCUT2D eigenvalue weighted by atomic mass is 16.5. The molecule has 0 fully saturated rings. The Morgan fingerprint density at radius 2 is 1.83 bits per heavy atom. The Kier molecular flexibility index (Phi) is 7.46. The number of nitrogens with two attached hydrogens (primary N) is 1. The number of ether oxygens (including phenoxy) is 1. The van der Waals surface area contributed by atoms with Crippen LogP contribution < -0.4 is 10.5 Å². The van der Waals surface area contributed by atoms with Crippen molar-refractivity contribution in [2.24, 2.45) is 10.7 Å². The van der Waals surface area contributed by atoms with Crippen LogP contribution in [0.25, 0.3) is 11.0 Å². The summed E-state index contributed by atoms with van der Waals surface area (Å²) < 4.78 is 7.90. The fourth-order valence-electron chi connectivity index (χ4n) is 3.65. The van der Waals surface area contributed by atoms with Crippen molar-refractivity contribution in [1.82, 2.24) is 14.5 Å². The summed E-state index contributed by atoms with van der Waals surface area (Å²) in [6, 6.07) is 14.4. The Morgan fingerprint density at radius 3 is 2.47 bits per heavy atom. The molecule has 1 aromatic heterocycles. The number of aromatic nitrogens is 2. The molecular formula is C24H33N5O. The smallest absolute Gasteiger partial charge is 0.119 e. The number of amidine groups is 1. The fraction of sp³-hybridized carbons (Fsp3) is 0.417. The van der Waals surface area contributed by atoms with Crippen LogP contribution in [0.1, 0.15) is 39.1 Å². The van der Waals surface area contributed by atoms with Crippen LogP contribution in [-0.2, 0) is 13.0 Å². The summed E-state index contributed by atoms with van der Waals surface area (Å²) in [5.41, 5.74) is 9.96. The minimum Gasteiger partial charge on any atom is -0.494 e. The summed E-state index contributed by atoms with van der Waals surface area (Å²) in [5, 5.41) is 0. The lowest BCUT2D eigenvalue weighted by molar-refractivity contribution is 0.291. The van der Waals surface area contributed by atoms with E-state index < -0.39 is 0 Å². The molecule has 0 amide bonds. The second kappa shape index (κ2) is 10.3. The molecule has 0 radical (unpaired) electrons. The molecule has 0 aliphatic carbocycles. The van der Waals surface area contributed by atoms with Gasteiger partial charge < -0.3 is 19.9 Å². The quantitative estimate of drug-likeness (QED) is 0.400. The van der Waals surface area contributed by atoms with E-state index in [0.717, 1.165) is 60.9 Å². The minimum absolute atomic E-state index is 0.554. The molecule has 0 saturated heterocycles. The predicted octanol–water partition coefficient (Wildman–Crippen LogP) is 4.38. The number of likely N-dealkylation sites (N-methyl/N-ethyl adjacent to an activating group) is 1. The first-order valence-electron chi connectivity index (χ1n) is 10.8. The van der Waals surface area contributed by atoms with E-state index in [9.17, 15) is 0 Å². The van der Waals surface area contributed by atoms with Crippen molar-refractivity contribution >= 4 is 22.6 Å². The van der Waals surface area contributed by atoms with Crippen molar-refractivity contribution < 1.29 is 4.74 Å². The predicted molar refractivity (Wildman–Crippen MR) is 125 cm³/mol. The van der Waals surface area contributed by atoms with Crippen LogP contribution in [-0.4, -0.2) is 46.5 Å². The Bertz CT molecular complexity index is 983. The summed E-state index contributed by atoms with van der Waals surface area (Å²) in [6.07, 6.45) is 0.772. The van der Waals surface area contributed by atoms with Gasteiger partial charge in [0, 0.05) is 19.5 Å². The molecular weight excluding hydrogens is 374 g/mol. The van der Waals surface area contributed by atoms with Crippen molar-refractivity contribution in [2.75, 3.05) is 26.2 Å². The molecule has 0 atom stereocenters. The number of hydrogen-bond acceptors (Lipinski definition) is 4. The molecule has 6 nitrogen and oxygen atoms in total. The van der Waals surface area contributed by atoms with Gasteiger partial charge in [-0.1, -0.05) is 26.0 Å². The van der Waals surface area contributed by atoms with Crippen molar-refractivity contribution in [1.29, 1.82) is 0 Å². The van der Waals surface area contributed by atoms with Crippen molar-refractivity contribution in [3.05, 3.63) is 53.9 Å². The highest BCUT2D eigenvalue weighted by molar-refractivity contribution is 5.84. The maximum Gasteiger partial charge on any atom is 0.119 e. The Labute approximate surface area is 179 Å². The molecule has 30 heavy (non-hydrogen) atoms. The molecule has 0 spiro atoms. The van der Waals surface area contributed by atoms with E-state index >= 15 is 0 Å². The normalized spacial score (nSPS) is 12.1. The van der Waals surface area contributed by atoms with Gasteiger partial charge in [-0.05, 0) is 62.8 Å². The van der Waals surface area contributed by atoms with Gasteiger partial charge >= 0.3 is 0 Å². The first-order valence-corrected chi connectivity index (χ1v) is 10.8. The van der Waals surface area contributed by atoms with E-state index in [4.69, 9.17) is 15.5 Å². The van der Waals surface area contributed by atoms with E-state index in [1.807, 2.05) is 31.2 Å². The van der Waals surface area contributed by atoms with Gasteiger partial charge in [-0.15, -0.1) is 0 Å². The van der Waals surface area contributed by atoms with Crippen LogP contribution in [0.15, 0.2) is 47.5 Å². The van der Waals surface area contributed by atoms with Gasteiger partial charge in [-0.2, -0.15) is 0 Å². The van der Waals surface area contributed by atoms with Gasteiger partial charge in [0.05, 0.1) is 29.2 Å². The Hall–Kier alpha value is -2.86. The Balaban J connectivity index is 1.96. The average molecular weight is 408 g/mol. The van der Waals surface area contributed by atoms with Crippen LogP contribution in [0.5, 0.6) is 5.75 Å². The van der Waals surface area contributed by atoms with Crippen molar-refractivity contribution in [3.63, 3.8) is 0 Å². The molecule has 1 heterocycles. The van der Waals surface area contributed by atoms with Crippen LogP contribution in [0.3, 0.4) is 0 Å². The van der Waals surface area contributed by atoms with Crippen LogP contribution in [0.4, 0.5) is 5.69 Å². The summed E-state index contributed by atoms with van der Waals surface area (Å²) in [5.74, 6) is 2.51. The molecule has 3 rings (SSSR count). The molecule has 2 aromatic carbocycles. The summed E-state index contributed by atoms with van der Waals surface area (Å²) >= 11 is 0. The number of benzene rings is 2. The molecule has 3 aromatic rings. The van der Waals surface area contributed by atoms with E-state index in [1.165, 1.54) is 5.56 Å². The second-order valence-electron chi connectivity index (χ2n) is 7.39. The lowest BCUT2D eigenvalue weighted by Crippen LogP contribution is -2.27. The molecule has 0 bridgehead atoms. The van der Waals surface area contributed by atoms with Gasteiger partial charge in [0.25, 0.3) is 0 Å². The van der Waals surface area contributed by atoms with Gasteiger partial charge in [-0.3, -0.25) is 0 Å².